The maximum atomic E-state index is 14.1. The summed E-state index contributed by atoms with van der Waals surface area (Å²) in [6.45, 7) is 3.70. The predicted octanol–water partition coefficient (Wildman–Crippen LogP) is 4.19. The van der Waals surface area contributed by atoms with Crippen molar-refractivity contribution in [3.63, 3.8) is 0 Å². The van der Waals surface area contributed by atoms with Gasteiger partial charge in [0.15, 0.2) is 11.0 Å². The van der Waals surface area contributed by atoms with Crippen LogP contribution in [0.15, 0.2) is 47.6 Å². The van der Waals surface area contributed by atoms with E-state index in [1.54, 1.807) is 11.5 Å². The largest absolute Gasteiger partial charge is 0.345 e. The lowest BCUT2D eigenvalue weighted by atomic mass is 10.2. The fourth-order valence-corrected chi connectivity index (χ4v) is 4.76. The number of aryl methyl sites for hydroxylation is 2. The van der Waals surface area contributed by atoms with Gasteiger partial charge in [0.2, 0.25) is 11.0 Å². The Bertz CT molecular complexity index is 1370. The molecule has 180 valence electrons. The molecule has 0 saturated heterocycles. The normalized spacial score (nSPS) is 10.9. The Kier molecular flexibility index (Phi) is 7.73. The standard InChI is InChI=1S/C22H19ClFN7O2S2/c1-12-5-3-6-14(9-12)31-17(10-25-20(33)19-15(23)7-4-8-16(19)24)28-30-22(31)34-11-18(32)26-21-29-27-13(2)35-21/h3-9H,10-11H2,1-2H3,(H,25,33)(H,26,29,32). The molecule has 0 aliphatic rings. The number of anilines is 1. The van der Waals surface area contributed by atoms with Gasteiger partial charge in [-0.1, -0.05) is 52.9 Å². The van der Waals surface area contributed by atoms with Crippen molar-refractivity contribution in [2.24, 2.45) is 0 Å². The van der Waals surface area contributed by atoms with E-state index in [1.165, 1.54) is 41.3 Å². The first kappa shape index (κ1) is 24.8. The summed E-state index contributed by atoms with van der Waals surface area (Å²) in [6.07, 6.45) is 0. The summed E-state index contributed by atoms with van der Waals surface area (Å²) in [4.78, 5) is 25.0. The van der Waals surface area contributed by atoms with Crippen LogP contribution in [0.4, 0.5) is 9.52 Å². The van der Waals surface area contributed by atoms with Gasteiger partial charge in [0.05, 0.1) is 22.9 Å². The summed E-state index contributed by atoms with van der Waals surface area (Å²) >= 11 is 8.46. The van der Waals surface area contributed by atoms with Crippen LogP contribution in [0.1, 0.15) is 26.8 Å². The van der Waals surface area contributed by atoms with E-state index >= 15 is 0 Å². The first-order valence-electron chi connectivity index (χ1n) is 10.3. The van der Waals surface area contributed by atoms with Crippen LogP contribution in [-0.4, -0.2) is 42.5 Å². The Morgan fingerprint density at radius 2 is 1.91 bits per heavy atom. The average Bonchev–Trinajstić information content (AvgIpc) is 3.41. The third-order valence-corrected chi connectivity index (χ3v) is 6.66. The zero-order valence-corrected chi connectivity index (χ0v) is 21.0. The average molecular weight is 532 g/mol. The highest BCUT2D eigenvalue weighted by Crippen LogP contribution is 2.24. The summed E-state index contributed by atoms with van der Waals surface area (Å²) in [5, 5.41) is 23.1. The molecule has 2 aromatic carbocycles. The number of halogens is 2. The third kappa shape index (κ3) is 6.02. The Hall–Kier alpha value is -3.35. The number of carbonyl (C=O) groups is 2. The highest BCUT2D eigenvalue weighted by Gasteiger charge is 2.20. The SMILES string of the molecule is Cc1cccc(-n2c(CNC(=O)c3c(F)cccc3Cl)nnc2SCC(=O)Nc2nnc(C)s2)c1. The molecule has 0 fully saturated rings. The molecule has 35 heavy (non-hydrogen) atoms. The van der Waals surface area contributed by atoms with Crippen molar-refractivity contribution in [2.45, 2.75) is 25.5 Å². The highest BCUT2D eigenvalue weighted by molar-refractivity contribution is 7.99. The molecule has 13 heteroatoms. The van der Waals surface area contributed by atoms with Gasteiger partial charge in [0, 0.05) is 5.69 Å². The Morgan fingerprint density at radius 1 is 1.11 bits per heavy atom. The minimum absolute atomic E-state index is 0.00975. The molecule has 2 heterocycles. The zero-order valence-electron chi connectivity index (χ0n) is 18.6. The second kappa shape index (κ2) is 10.9. The van der Waals surface area contributed by atoms with Crippen molar-refractivity contribution < 1.29 is 14.0 Å². The number of hydrogen-bond donors (Lipinski definition) is 2. The number of rotatable bonds is 8. The van der Waals surface area contributed by atoms with Crippen LogP contribution >= 0.6 is 34.7 Å². The molecular formula is C22H19ClFN7O2S2. The van der Waals surface area contributed by atoms with E-state index in [1.807, 2.05) is 31.2 Å². The number of thioether (sulfide) groups is 1. The van der Waals surface area contributed by atoms with Crippen molar-refractivity contribution in [2.75, 3.05) is 11.1 Å². The van der Waals surface area contributed by atoms with Gasteiger partial charge in [-0.25, -0.2) is 4.39 Å². The summed E-state index contributed by atoms with van der Waals surface area (Å²) in [5.74, 6) is -1.20. The van der Waals surface area contributed by atoms with Gasteiger partial charge in [0.1, 0.15) is 10.8 Å². The molecule has 0 radical (unpaired) electrons. The number of aromatic nitrogens is 5. The van der Waals surface area contributed by atoms with E-state index in [4.69, 9.17) is 11.6 Å². The van der Waals surface area contributed by atoms with Gasteiger partial charge in [-0.05, 0) is 43.7 Å². The summed E-state index contributed by atoms with van der Waals surface area (Å²) < 4.78 is 15.9. The molecule has 0 spiro atoms. The summed E-state index contributed by atoms with van der Waals surface area (Å²) in [7, 11) is 0. The zero-order chi connectivity index (χ0) is 24.9. The van der Waals surface area contributed by atoms with Gasteiger partial charge in [-0.3, -0.25) is 19.5 Å². The fraction of sp³-hybridized carbons (Fsp3) is 0.182. The van der Waals surface area contributed by atoms with Crippen LogP contribution in [-0.2, 0) is 11.3 Å². The Labute approximate surface area is 213 Å². The fourth-order valence-electron chi connectivity index (χ4n) is 3.13. The van der Waals surface area contributed by atoms with Crippen LogP contribution in [0, 0.1) is 19.7 Å². The monoisotopic (exact) mass is 531 g/mol. The molecule has 2 aromatic heterocycles. The number of carbonyl (C=O) groups excluding carboxylic acids is 2. The topological polar surface area (TPSA) is 115 Å². The smallest absolute Gasteiger partial charge is 0.256 e. The molecule has 0 saturated carbocycles. The lowest BCUT2D eigenvalue weighted by Gasteiger charge is -2.12. The van der Waals surface area contributed by atoms with Gasteiger partial charge in [0.25, 0.3) is 5.91 Å². The quantitative estimate of drug-likeness (QED) is 0.328. The molecule has 4 aromatic rings. The number of nitrogens with zero attached hydrogens (tertiary/aromatic N) is 5. The number of nitrogens with one attached hydrogen (secondary N) is 2. The summed E-state index contributed by atoms with van der Waals surface area (Å²) in [6, 6.07) is 11.6. The second-order valence-corrected chi connectivity index (χ2v) is 9.85. The van der Waals surface area contributed by atoms with Gasteiger partial charge < -0.3 is 5.32 Å². The van der Waals surface area contributed by atoms with Gasteiger partial charge in [-0.15, -0.1) is 20.4 Å². The first-order chi connectivity index (χ1) is 16.8. The molecule has 0 bridgehead atoms. The minimum atomic E-state index is -0.719. The van der Waals surface area contributed by atoms with E-state index < -0.39 is 11.7 Å². The Morgan fingerprint density at radius 3 is 2.63 bits per heavy atom. The van der Waals surface area contributed by atoms with Crippen LogP contribution in [0.2, 0.25) is 5.02 Å². The molecule has 0 aliphatic heterocycles. The van der Waals surface area contributed by atoms with Gasteiger partial charge >= 0.3 is 0 Å². The lowest BCUT2D eigenvalue weighted by Crippen LogP contribution is -2.26. The number of hydrogen-bond acceptors (Lipinski definition) is 8. The highest BCUT2D eigenvalue weighted by atomic mass is 35.5. The Balaban J connectivity index is 1.53. The van der Waals surface area contributed by atoms with Crippen LogP contribution in [0.3, 0.4) is 0 Å². The first-order valence-corrected chi connectivity index (χ1v) is 12.5. The van der Waals surface area contributed by atoms with E-state index in [0.717, 1.165) is 16.3 Å². The molecule has 2 N–H and O–H groups in total. The number of amides is 2. The van der Waals surface area contributed by atoms with Crippen molar-refractivity contribution in [1.29, 1.82) is 0 Å². The maximum absolute atomic E-state index is 14.1. The molecule has 0 aliphatic carbocycles. The second-order valence-electron chi connectivity index (χ2n) is 7.32. The van der Waals surface area contributed by atoms with Crippen LogP contribution in [0.25, 0.3) is 5.69 Å². The van der Waals surface area contributed by atoms with E-state index in [9.17, 15) is 14.0 Å². The van der Waals surface area contributed by atoms with E-state index in [0.29, 0.717) is 16.1 Å². The lowest BCUT2D eigenvalue weighted by molar-refractivity contribution is -0.113. The molecule has 4 rings (SSSR count). The third-order valence-electron chi connectivity index (χ3n) is 4.66. The molecule has 0 unspecified atom stereocenters. The van der Waals surface area contributed by atoms with Gasteiger partial charge in [-0.2, -0.15) is 0 Å². The molecule has 2 amide bonds. The predicted molar refractivity (Wildman–Crippen MR) is 133 cm³/mol. The van der Waals surface area contributed by atoms with Crippen molar-refractivity contribution in [3.8, 4) is 5.69 Å². The van der Waals surface area contributed by atoms with Crippen molar-refractivity contribution in [1.82, 2.24) is 30.3 Å². The summed E-state index contributed by atoms with van der Waals surface area (Å²) in [5.41, 5.74) is 1.52. The van der Waals surface area contributed by atoms with Crippen molar-refractivity contribution in [3.05, 3.63) is 75.3 Å². The van der Waals surface area contributed by atoms with Crippen molar-refractivity contribution >= 4 is 51.6 Å². The maximum Gasteiger partial charge on any atom is 0.256 e. The molecule has 9 nitrogen and oxygen atoms in total. The molecular weight excluding hydrogens is 513 g/mol. The van der Waals surface area contributed by atoms with E-state index in [2.05, 4.69) is 31.0 Å². The van der Waals surface area contributed by atoms with E-state index in [-0.39, 0.29) is 28.8 Å². The molecule has 0 atom stereocenters. The van der Waals surface area contributed by atoms with Crippen LogP contribution in [0.5, 0.6) is 0 Å². The minimum Gasteiger partial charge on any atom is -0.345 e. The number of benzene rings is 2. The van der Waals surface area contributed by atoms with Crippen LogP contribution < -0.4 is 10.6 Å².